The predicted octanol–water partition coefficient (Wildman–Crippen LogP) is 2.98. The van der Waals surface area contributed by atoms with Gasteiger partial charge in [-0.3, -0.25) is 4.79 Å². The van der Waals surface area contributed by atoms with Crippen LogP contribution in [0.4, 0.5) is 5.69 Å². The normalized spacial score (nSPS) is 10.2. The summed E-state index contributed by atoms with van der Waals surface area (Å²) in [5, 5.41) is 6.27. The van der Waals surface area contributed by atoms with Crippen molar-refractivity contribution in [1.82, 2.24) is 5.32 Å². The molecule has 0 bridgehead atoms. The molecule has 0 aromatic heterocycles. The van der Waals surface area contributed by atoms with Gasteiger partial charge in [0, 0.05) is 12.2 Å². The second kappa shape index (κ2) is 7.46. The molecule has 0 radical (unpaired) electrons. The standard InChI is InChI=1S/C17H20N2O/c1-2-18-13-15-10-6-7-11-16(15)19-17(20)12-14-8-4-3-5-9-14/h3-11,18H,2,12-13H2,1H3,(H,19,20). The lowest BCUT2D eigenvalue weighted by Gasteiger charge is -2.11. The molecule has 0 atom stereocenters. The van der Waals surface area contributed by atoms with E-state index >= 15 is 0 Å². The molecule has 0 saturated heterocycles. The minimum atomic E-state index is 0.0140. The maximum absolute atomic E-state index is 12.1. The Morgan fingerprint density at radius 2 is 1.70 bits per heavy atom. The van der Waals surface area contributed by atoms with Crippen molar-refractivity contribution < 1.29 is 4.79 Å². The van der Waals surface area contributed by atoms with Crippen LogP contribution in [-0.2, 0) is 17.8 Å². The van der Waals surface area contributed by atoms with Gasteiger partial charge in [-0.15, -0.1) is 0 Å². The summed E-state index contributed by atoms with van der Waals surface area (Å²) in [5.74, 6) is 0.0140. The second-order valence-electron chi connectivity index (χ2n) is 4.65. The number of benzene rings is 2. The van der Waals surface area contributed by atoms with Gasteiger partial charge in [0.05, 0.1) is 6.42 Å². The van der Waals surface area contributed by atoms with E-state index in [4.69, 9.17) is 0 Å². The van der Waals surface area contributed by atoms with Gasteiger partial charge in [-0.05, 0) is 23.7 Å². The van der Waals surface area contributed by atoms with Crippen LogP contribution in [0.15, 0.2) is 54.6 Å². The van der Waals surface area contributed by atoms with E-state index in [0.717, 1.165) is 29.9 Å². The van der Waals surface area contributed by atoms with Gasteiger partial charge in [-0.2, -0.15) is 0 Å². The molecular formula is C17H20N2O. The topological polar surface area (TPSA) is 41.1 Å². The van der Waals surface area contributed by atoms with Gasteiger partial charge >= 0.3 is 0 Å². The van der Waals surface area contributed by atoms with E-state index in [1.54, 1.807) is 0 Å². The van der Waals surface area contributed by atoms with Crippen molar-refractivity contribution in [3.63, 3.8) is 0 Å². The fraction of sp³-hybridized carbons (Fsp3) is 0.235. The molecular weight excluding hydrogens is 248 g/mol. The lowest BCUT2D eigenvalue weighted by molar-refractivity contribution is -0.115. The van der Waals surface area contributed by atoms with Gasteiger partial charge in [0.25, 0.3) is 0 Å². The first-order chi connectivity index (χ1) is 9.79. The van der Waals surface area contributed by atoms with Gasteiger partial charge in [0.15, 0.2) is 0 Å². The van der Waals surface area contributed by atoms with E-state index in [1.807, 2.05) is 54.6 Å². The molecule has 1 amide bonds. The van der Waals surface area contributed by atoms with Crippen molar-refractivity contribution in [1.29, 1.82) is 0 Å². The number of carbonyl (C=O) groups excluding carboxylic acids is 1. The van der Waals surface area contributed by atoms with Crippen LogP contribution in [0.5, 0.6) is 0 Å². The average Bonchev–Trinajstić information content (AvgIpc) is 2.47. The number of para-hydroxylation sites is 1. The monoisotopic (exact) mass is 268 g/mol. The van der Waals surface area contributed by atoms with Crippen LogP contribution >= 0.6 is 0 Å². The van der Waals surface area contributed by atoms with E-state index in [9.17, 15) is 4.79 Å². The Labute approximate surface area is 120 Å². The van der Waals surface area contributed by atoms with Gasteiger partial charge in [0.1, 0.15) is 0 Å². The van der Waals surface area contributed by atoms with Crippen LogP contribution < -0.4 is 10.6 Å². The number of hydrogen-bond acceptors (Lipinski definition) is 2. The molecule has 0 aliphatic carbocycles. The summed E-state index contributed by atoms with van der Waals surface area (Å²) >= 11 is 0. The maximum atomic E-state index is 12.1. The number of rotatable bonds is 6. The molecule has 104 valence electrons. The Morgan fingerprint density at radius 3 is 2.45 bits per heavy atom. The molecule has 20 heavy (non-hydrogen) atoms. The molecule has 3 heteroatoms. The van der Waals surface area contributed by atoms with E-state index in [-0.39, 0.29) is 5.91 Å². The van der Waals surface area contributed by atoms with Gasteiger partial charge in [-0.1, -0.05) is 55.5 Å². The van der Waals surface area contributed by atoms with Crippen LogP contribution in [0.1, 0.15) is 18.1 Å². The molecule has 0 unspecified atom stereocenters. The summed E-state index contributed by atoms with van der Waals surface area (Å²) in [4.78, 5) is 12.1. The zero-order valence-electron chi connectivity index (χ0n) is 11.7. The highest BCUT2D eigenvalue weighted by Crippen LogP contribution is 2.15. The molecule has 2 aromatic rings. The molecule has 3 nitrogen and oxygen atoms in total. The highest BCUT2D eigenvalue weighted by Gasteiger charge is 2.06. The maximum Gasteiger partial charge on any atom is 0.228 e. The summed E-state index contributed by atoms with van der Waals surface area (Å²) in [6, 6.07) is 17.7. The summed E-state index contributed by atoms with van der Waals surface area (Å²) in [7, 11) is 0. The van der Waals surface area contributed by atoms with Crippen LogP contribution in [0.3, 0.4) is 0 Å². The Bertz CT molecular complexity index is 552. The number of amides is 1. The lowest BCUT2D eigenvalue weighted by Crippen LogP contribution is -2.18. The van der Waals surface area contributed by atoms with Crippen molar-refractivity contribution in [3.8, 4) is 0 Å². The predicted molar refractivity (Wildman–Crippen MR) is 82.6 cm³/mol. The van der Waals surface area contributed by atoms with Crippen LogP contribution in [0.2, 0.25) is 0 Å². The molecule has 0 fully saturated rings. The fourth-order valence-corrected chi connectivity index (χ4v) is 2.03. The Hall–Kier alpha value is -2.13. The Balaban J connectivity index is 2.00. The third-order valence-corrected chi connectivity index (χ3v) is 3.06. The molecule has 0 aliphatic rings. The molecule has 0 heterocycles. The van der Waals surface area contributed by atoms with E-state index in [2.05, 4.69) is 17.6 Å². The van der Waals surface area contributed by atoms with Crippen LogP contribution in [0.25, 0.3) is 0 Å². The second-order valence-corrected chi connectivity index (χ2v) is 4.65. The van der Waals surface area contributed by atoms with Gasteiger partial charge < -0.3 is 10.6 Å². The van der Waals surface area contributed by atoms with Gasteiger partial charge in [0.2, 0.25) is 5.91 Å². The van der Waals surface area contributed by atoms with Crippen molar-refractivity contribution in [2.45, 2.75) is 19.9 Å². The van der Waals surface area contributed by atoms with Gasteiger partial charge in [-0.25, -0.2) is 0 Å². The SMILES string of the molecule is CCNCc1ccccc1NC(=O)Cc1ccccc1. The third-order valence-electron chi connectivity index (χ3n) is 3.06. The summed E-state index contributed by atoms with van der Waals surface area (Å²) < 4.78 is 0. The highest BCUT2D eigenvalue weighted by atomic mass is 16.1. The third kappa shape index (κ3) is 4.21. The number of nitrogens with one attached hydrogen (secondary N) is 2. The quantitative estimate of drug-likeness (QED) is 0.845. The highest BCUT2D eigenvalue weighted by molar-refractivity contribution is 5.92. The van der Waals surface area contributed by atoms with Crippen molar-refractivity contribution >= 4 is 11.6 Å². The van der Waals surface area contributed by atoms with E-state index in [0.29, 0.717) is 6.42 Å². The molecule has 2 rings (SSSR count). The first kappa shape index (κ1) is 14.3. The van der Waals surface area contributed by atoms with Crippen molar-refractivity contribution in [2.24, 2.45) is 0 Å². The first-order valence-corrected chi connectivity index (χ1v) is 6.92. The van der Waals surface area contributed by atoms with Crippen molar-refractivity contribution in [2.75, 3.05) is 11.9 Å². The smallest absolute Gasteiger partial charge is 0.228 e. The molecule has 0 aliphatic heterocycles. The first-order valence-electron chi connectivity index (χ1n) is 6.92. The summed E-state index contributed by atoms with van der Waals surface area (Å²) in [6.07, 6.45) is 0.399. The number of hydrogen-bond donors (Lipinski definition) is 2. The largest absolute Gasteiger partial charge is 0.325 e. The lowest BCUT2D eigenvalue weighted by atomic mass is 10.1. The van der Waals surface area contributed by atoms with Crippen molar-refractivity contribution in [3.05, 3.63) is 65.7 Å². The van der Waals surface area contributed by atoms with Crippen LogP contribution in [0, 0.1) is 0 Å². The average molecular weight is 268 g/mol. The minimum absolute atomic E-state index is 0.0140. The number of anilines is 1. The zero-order chi connectivity index (χ0) is 14.2. The molecule has 2 aromatic carbocycles. The Kier molecular flexibility index (Phi) is 5.33. The molecule has 0 spiro atoms. The minimum Gasteiger partial charge on any atom is -0.325 e. The molecule has 2 N–H and O–H groups in total. The number of carbonyl (C=O) groups is 1. The summed E-state index contributed by atoms with van der Waals surface area (Å²) in [6.45, 7) is 3.74. The van der Waals surface area contributed by atoms with E-state index in [1.165, 1.54) is 0 Å². The molecule has 0 saturated carbocycles. The van der Waals surface area contributed by atoms with E-state index < -0.39 is 0 Å². The summed E-state index contributed by atoms with van der Waals surface area (Å²) in [5.41, 5.74) is 3.01. The Morgan fingerprint density at radius 1 is 1.00 bits per heavy atom. The zero-order valence-corrected chi connectivity index (χ0v) is 11.7. The van der Waals surface area contributed by atoms with Crippen LogP contribution in [-0.4, -0.2) is 12.5 Å². The fourth-order valence-electron chi connectivity index (χ4n) is 2.03.